The molecule has 5 heteroatoms. The molecule has 2 N–H and O–H groups in total. The number of hydrogen-bond acceptors (Lipinski definition) is 3. The first kappa shape index (κ1) is 12.4. The van der Waals surface area contributed by atoms with Crippen LogP contribution in [-0.4, -0.2) is 54.8 Å². The van der Waals surface area contributed by atoms with Crippen LogP contribution in [0.4, 0.5) is 0 Å². The monoisotopic (exact) mass is 239 g/mol. The molecule has 0 aromatic rings. The summed E-state index contributed by atoms with van der Waals surface area (Å²) in [6, 6.07) is 0. The zero-order valence-corrected chi connectivity index (χ0v) is 10.4. The summed E-state index contributed by atoms with van der Waals surface area (Å²) in [6.07, 6.45) is 2.59. The molecule has 17 heavy (non-hydrogen) atoms. The maximum absolute atomic E-state index is 11.7. The van der Waals surface area contributed by atoms with Crippen LogP contribution in [0.5, 0.6) is 0 Å². The molecule has 5 nitrogen and oxygen atoms in total. The zero-order chi connectivity index (χ0) is 12.4. The molecule has 0 aliphatic carbocycles. The van der Waals surface area contributed by atoms with E-state index in [9.17, 15) is 9.59 Å². The number of likely N-dealkylation sites (tertiary alicyclic amines) is 2. The van der Waals surface area contributed by atoms with Crippen LogP contribution in [0.2, 0.25) is 0 Å². The minimum atomic E-state index is -0.343. The van der Waals surface area contributed by atoms with Crippen molar-refractivity contribution in [2.75, 3.05) is 33.2 Å². The zero-order valence-electron chi connectivity index (χ0n) is 10.4. The Hall–Kier alpha value is -1.10. The van der Waals surface area contributed by atoms with Crippen molar-refractivity contribution in [3.05, 3.63) is 0 Å². The van der Waals surface area contributed by atoms with Gasteiger partial charge >= 0.3 is 0 Å². The molecule has 1 atom stereocenters. The Bertz CT molecular complexity index is 311. The lowest BCUT2D eigenvalue weighted by Crippen LogP contribution is -2.38. The summed E-state index contributed by atoms with van der Waals surface area (Å²) < 4.78 is 0. The minimum Gasteiger partial charge on any atom is -0.369 e. The number of carbonyl (C=O) groups is 2. The third-order valence-corrected chi connectivity index (χ3v) is 3.93. The third kappa shape index (κ3) is 2.97. The fourth-order valence-electron chi connectivity index (χ4n) is 2.70. The molecule has 0 bridgehead atoms. The van der Waals surface area contributed by atoms with Crippen molar-refractivity contribution in [1.82, 2.24) is 9.80 Å². The second-order valence-corrected chi connectivity index (χ2v) is 5.35. The van der Waals surface area contributed by atoms with Crippen LogP contribution in [0.3, 0.4) is 0 Å². The largest absolute Gasteiger partial charge is 0.369 e. The highest BCUT2D eigenvalue weighted by Crippen LogP contribution is 2.23. The fourth-order valence-corrected chi connectivity index (χ4v) is 2.70. The first-order chi connectivity index (χ1) is 8.06. The smallest absolute Gasteiger partial charge is 0.223 e. The second kappa shape index (κ2) is 5.04. The molecule has 2 heterocycles. The Morgan fingerprint density at radius 3 is 2.59 bits per heavy atom. The number of rotatable bonds is 3. The SMILES string of the molecule is CN1CCC(CN2CC(C(N)=O)CC2=O)CC1. The van der Waals surface area contributed by atoms with E-state index in [1.807, 2.05) is 4.90 Å². The van der Waals surface area contributed by atoms with Crippen molar-refractivity contribution in [2.24, 2.45) is 17.6 Å². The first-order valence-corrected chi connectivity index (χ1v) is 6.32. The number of carbonyl (C=O) groups excluding carboxylic acids is 2. The molecular weight excluding hydrogens is 218 g/mol. The van der Waals surface area contributed by atoms with Gasteiger partial charge in [0, 0.05) is 19.5 Å². The normalized spacial score (nSPS) is 27.7. The van der Waals surface area contributed by atoms with E-state index in [0.717, 1.165) is 32.5 Å². The van der Waals surface area contributed by atoms with Crippen molar-refractivity contribution in [3.8, 4) is 0 Å². The maximum atomic E-state index is 11.7. The predicted molar refractivity (Wildman–Crippen MR) is 64.1 cm³/mol. The van der Waals surface area contributed by atoms with Crippen LogP contribution in [0.1, 0.15) is 19.3 Å². The molecule has 96 valence electrons. The predicted octanol–water partition coefficient (Wildman–Crippen LogP) is -0.338. The summed E-state index contributed by atoms with van der Waals surface area (Å²) in [4.78, 5) is 26.9. The van der Waals surface area contributed by atoms with Crippen molar-refractivity contribution in [3.63, 3.8) is 0 Å². The quantitative estimate of drug-likeness (QED) is 0.733. The molecule has 0 saturated carbocycles. The number of amides is 2. The molecule has 2 saturated heterocycles. The number of nitrogens with zero attached hydrogens (tertiary/aromatic N) is 2. The lowest BCUT2D eigenvalue weighted by molar-refractivity contribution is -0.129. The molecule has 1 unspecified atom stereocenters. The molecule has 2 fully saturated rings. The maximum Gasteiger partial charge on any atom is 0.223 e. The van der Waals surface area contributed by atoms with Gasteiger partial charge in [0.15, 0.2) is 0 Å². The summed E-state index contributed by atoms with van der Waals surface area (Å²) in [5, 5.41) is 0. The minimum absolute atomic E-state index is 0.0905. The molecular formula is C12H21N3O2. The van der Waals surface area contributed by atoms with E-state index in [0.29, 0.717) is 18.9 Å². The van der Waals surface area contributed by atoms with Gasteiger partial charge in [-0.1, -0.05) is 0 Å². The van der Waals surface area contributed by atoms with Crippen LogP contribution in [-0.2, 0) is 9.59 Å². The third-order valence-electron chi connectivity index (χ3n) is 3.93. The van der Waals surface area contributed by atoms with E-state index in [4.69, 9.17) is 5.73 Å². The summed E-state index contributed by atoms with van der Waals surface area (Å²) in [5.74, 6) is 0.0625. The van der Waals surface area contributed by atoms with Gasteiger partial charge in [-0.3, -0.25) is 9.59 Å². The van der Waals surface area contributed by atoms with Crippen LogP contribution < -0.4 is 5.73 Å². The van der Waals surface area contributed by atoms with Gasteiger partial charge in [0.2, 0.25) is 11.8 Å². The van der Waals surface area contributed by atoms with Gasteiger partial charge in [0.25, 0.3) is 0 Å². The van der Waals surface area contributed by atoms with Crippen LogP contribution in [0.15, 0.2) is 0 Å². The standard InChI is InChI=1S/C12H21N3O2/c1-14-4-2-9(3-5-14)7-15-8-10(12(13)17)6-11(15)16/h9-10H,2-8H2,1H3,(H2,13,17). The number of hydrogen-bond donors (Lipinski definition) is 1. The summed E-state index contributed by atoms with van der Waals surface area (Å²) in [7, 11) is 2.13. The van der Waals surface area contributed by atoms with Gasteiger partial charge in [-0.25, -0.2) is 0 Å². The summed E-state index contributed by atoms with van der Waals surface area (Å²) >= 11 is 0. The number of nitrogens with two attached hydrogens (primary N) is 1. The highest BCUT2D eigenvalue weighted by molar-refractivity contribution is 5.88. The first-order valence-electron chi connectivity index (χ1n) is 6.32. The van der Waals surface area contributed by atoms with Crippen molar-refractivity contribution < 1.29 is 9.59 Å². The van der Waals surface area contributed by atoms with E-state index in [1.54, 1.807) is 0 Å². The topological polar surface area (TPSA) is 66.6 Å². The summed E-state index contributed by atoms with van der Waals surface area (Å²) in [5.41, 5.74) is 5.25. The van der Waals surface area contributed by atoms with Crippen molar-refractivity contribution >= 4 is 11.8 Å². The van der Waals surface area contributed by atoms with Gasteiger partial charge in [-0.05, 0) is 38.9 Å². The molecule has 0 aromatic heterocycles. The fraction of sp³-hybridized carbons (Fsp3) is 0.833. The molecule has 0 spiro atoms. The molecule has 2 amide bonds. The molecule has 0 aromatic carbocycles. The van der Waals surface area contributed by atoms with Gasteiger partial charge in [-0.15, -0.1) is 0 Å². The lowest BCUT2D eigenvalue weighted by atomic mass is 9.96. The Labute approximate surface area is 102 Å². The Kier molecular flexibility index (Phi) is 3.66. The average molecular weight is 239 g/mol. The number of primary amides is 1. The van der Waals surface area contributed by atoms with Gasteiger partial charge < -0.3 is 15.5 Å². The summed E-state index contributed by atoms with van der Waals surface area (Å²) in [6.45, 7) is 3.54. The highest BCUT2D eigenvalue weighted by atomic mass is 16.2. The number of piperidine rings is 1. The Morgan fingerprint density at radius 2 is 2.06 bits per heavy atom. The Morgan fingerprint density at radius 1 is 1.41 bits per heavy atom. The van der Waals surface area contributed by atoms with E-state index in [1.165, 1.54) is 0 Å². The molecule has 2 aliphatic rings. The van der Waals surface area contributed by atoms with Crippen LogP contribution in [0.25, 0.3) is 0 Å². The van der Waals surface area contributed by atoms with E-state index in [2.05, 4.69) is 11.9 Å². The van der Waals surface area contributed by atoms with E-state index < -0.39 is 0 Å². The van der Waals surface area contributed by atoms with Gasteiger partial charge in [0.05, 0.1) is 5.92 Å². The van der Waals surface area contributed by atoms with E-state index >= 15 is 0 Å². The van der Waals surface area contributed by atoms with Gasteiger partial charge in [-0.2, -0.15) is 0 Å². The van der Waals surface area contributed by atoms with Crippen molar-refractivity contribution in [2.45, 2.75) is 19.3 Å². The van der Waals surface area contributed by atoms with Crippen molar-refractivity contribution in [1.29, 1.82) is 0 Å². The Balaban J connectivity index is 1.83. The second-order valence-electron chi connectivity index (χ2n) is 5.35. The highest BCUT2D eigenvalue weighted by Gasteiger charge is 2.34. The molecule has 2 aliphatic heterocycles. The van der Waals surface area contributed by atoms with E-state index in [-0.39, 0.29) is 17.7 Å². The molecule has 2 rings (SSSR count). The van der Waals surface area contributed by atoms with Gasteiger partial charge in [0.1, 0.15) is 0 Å². The molecule has 0 radical (unpaired) electrons. The van der Waals surface area contributed by atoms with Crippen LogP contribution in [0, 0.1) is 11.8 Å². The lowest BCUT2D eigenvalue weighted by Gasteiger charge is -2.31. The van der Waals surface area contributed by atoms with Crippen LogP contribution >= 0.6 is 0 Å². The average Bonchev–Trinajstić information content (AvgIpc) is 2.64.